The number of hydrogen-bond acceptors (Lipinski definition) is 4. The third kappa shape index (κ3) is 1.62. The maximum atomic E-state index is 10.1. The molecule has 10 heavy (non-hydrogen) atoms. The molecule has 1 aromatic heterocycles. The van der Waals surface area contributed by atoms with Crippen molar-refractivity contribution in [2.45, 2.75) is 6.61 Å². The van der Waals surface area contributed by atoms with Gasteiger partial charge in [-0.25, -0.2) is 4.98 Å². The topological polar surface area (TPSA) is 39.2 Å². The molecule has 0 aliphatic heterocycles. The van der Waals surface area contributed by atoms with Crippen LogP contribution in [0.15, 0.2) is 5.38 Å². The minimum absolute atomic E-state index is 0.483. The van der Waals surface area contributed by atoms with Crippen molar-refractivity contribution in [3.05, 3.63) is 16.1 Å². The lowest BCUT2D eigenvalue weighted by Crippen LogP contribution is -1.86. The van der Waals surface area contributed by atoms with Crippen LogP contribution < -0.4 is 0 Å². The second-order valence-electron chi connectivity index (χ2n) is 1.72. The van der Waals surface area contributed by atoms with E-state index >= 15 is 0 Å². The summed E-state index contributed by atoms with van der Waals surface area (Å²) >= 11 is 1.43. The number of carbonyl (C=O) groups excluding carboxylic acids is 1. The van der Waals surface area contributed by atoms with Crippen molar-refractivity contribution in [1.29, 1.82) is 0 Å². The Kier molecular flexibility index (Phi) is 2.53. The molecule has 0 atom stereocenters. The van der Waals surface area contributed by atoms with Gasteiger partial charge in [-0.3, -0.25) is 4.79 Å². The maximum absolute atomic E-state index is 10.1. The first-order chi connectivity index (χ1) is 4.86. The van der Waals surface area contributed by atoms with Crippen molar-refractivity contribution in [3.63, 3.8) is 0 Å². The van der Waals surface area contributed by atoms with Gasteiger partial charge in [-0.15, -0.1) is 11.3 Å². The highest BCUT2D eigenvalue weighted by molar-refractivity contribution is 7.09. The number of thiazole rings is 1. The van der Waals surface area contributed by atoms with Gasteiger partial charge in [0.05, 0.1) is 6.61 Å². The SMILES string of the molecule is COCc1nc(C=O)cs1. The Morgan fingerprint density at radius 1 is 1.90 bits per heavy atom. The van der Waals surface area contributed by atoms with E-state index in [1.54, 1.807) is 12.5 Å². The fourth-order valence-corrected chi connectivity index (χ4v) is 1.28. The molecule has 54 valence electrons. The molecule has 0 spiro atoms. The van der Waals surface area contributed by atoms with Crippen LogP contribution in [-0.4, -0.2) is 18.4 Å². The van der Waals surface area contributed by atoms with Gasteiger partial charge in [0, 0.05) is 12.5 Å². The molecule has 0 aromatic carbocycles. The van der Waals surface area contributed by atoms with Crippen LogP contribution in [0.2, 0.25) is 0 Å². The molecular weight excluding hydrogens is 150 g/mol. The van der Waals surface area contributed by atoms with Crippen molar-refractivity contribution < 1.29 is 9.53 Å². The van der Waals surface area contributed by atoms with Crippen LogP contribution in [0, 0.1) is 0 Å². The summed E-state index contributed by atoms with van der Waals surface area (Å²) in [5.41, 5.74) is 0.483. The predicted octanol–water partition coefficient (Wildman–Crippen LogP) is 1.10. The zero-order valence-electron chi connectivity index (χ0n) is 5.53. The highest BCUT2D eigenvalue weighted by Gasteiger charge is 1.98. The molecular formula is C6H7NO2S. The Hall–Kier alpha value is -0.740. The van der Waals surface area contributed by atoms with E-state index in [1.165, 1.54) is 11.3 Å². The molecule has 0 amide bonds. The smallest absolute Gasteiger partial charge is 0.169 e. The van der Waals surface area contributed by atoms with Crippen molar-refractivity contribution >= 4 is 17.6 Å². The number of nitrogens with zero attached hydrogens (tertiary/aromatic N) is 1. The van der Waals surface area contributed by atoms with Crippen LogP contribution in [0.3, 0.4) is 0 Å². The molecule has 0 N–H and O–H groups in total. The van der Waals surface area contributed by atoms with Crippen LogP contribution in [0.1, 0.15) is 15.5 Å². The lowest BCUT2D eigenvalue weighted by Gasteiger charge is -1.88. The summed E-state index contributed by atoms with van der Waals surface area (Å²) in [7, 11) is 1.60. The number of aldehydes is 1. The van der Waals surface area contributed by atoms with Crippen molar-refractivity contribution in [2.75, 3.05) is 7.11 Å². The Morgan fingerprint density at radius 3 is 3.20 bits per heavy atom. The fraction of sp³-hybridized carbons (Fsp3) is 0.333. The molecule has 0 saturated heterocycles. The van der Waals surface area contributed by atoms with Crippen molar-refractivity contribution in [2.24, 2.45) is 0 Å². The zero-order chi connectivity index (χ0) is 7.40. The largest absolute Gasteiger partial charge is 0.378 e. The van der Waals surface area contributed by atoms with E-state index in [0.29, 0.717) is 12.3 Å². The number of rotatable bonds is 3. The average molecular weight is 157 g/mol. The quantitative estimate of drug-likeness (QED) is 0.617. The third-order valence-corrected chi connectivity index (χ3v) is 1.80. The maximum Gasteiger partial charge on any atom is 0.169 e. The summed E-state index contributed by atoms with van der Waals surface area (Å²) in [5, 5.41) is 2.55. The average Bonchev–Trinajstić information content (AvgIpc) is 2.37. The summed E-state index contributed by atoms with van der Waals surface area (Å²) < 4.78 is 4.82. The van der Waals surface area contributed by atoms with Gasteiger partial charge in [-0.2, -0.15) is 0 Å². The number of methoxy groups -OCH3 is 1. The van der Waals surface area contributed by atoms with Crippen LogP contribution in [0.5, 0.6) is 0 Å². The van der Waals surface area contributed by atoms with Gasteiger partial charge in [-0.05, 0) is 0 Å². The van der Waals surface area contributed by atoms with Gasteiger partial charge in [0.2, 0.25) is 0 Å². The fourth-order valence-electron chi connectivity index (χ4n) is 0.569. The van der Waals surface area contributed by atoms with Crippen LogP contribution in [0.4, 0.5) is 0 Å². The van der Waals surface area contributed by atoms with Crippen molar-refractivity contribution in [1.82, 2.24) is 4.98 Å². The van der Waals surface area contributed by atoms with E-state index in [-0.39, 0.29) is 0 Å². The van der Waals surface area contributed by atoms with Gasteiger partial charge in [0.15, 0.2) is 6.29 Å². The van der Waals surface area contributed by atoms with E-state index in [9.17, 15) is 4.79 Å². The molecule has 0 unspecified atom stereocenters. The summed E-state index contributed by atoms with van der Waals surface area (Å²) in [6, 6.07) is 0. The molecule has 1 aromatic rings. The Morgan fingerprint density at radius 2 is 2.70 bits per heavy atom. The van der Waals surface area contributed by atoms with E-state index in [2.05, 4.69) is 4.98 Å². The molecule has 0 saturated carbocycles. The normalized spacial score (nSPS) is 9.70. The first-order valence-corrected chi connectivity index (χ1v) is 3.63. The predicted molar refractivity (Wildman–Crippen MR) is 38.2 cm³/mol. The summed E-state index contributed by atoms with van der Waals surface area (Å²) in [6.45, 7) is 0.485. The Bertz CT molecular complexity index is 221. The van der Waals surface area contributed by atoms with Gasteiger partial charge in [0.25, 0.3) is 0 Å². The Balaban J connectivity index is 2.68. The van der Waals surface area contributed by atoms with Crippen LogP contribution in [0.25, 0.3) is 0 Å². The third-order valence-electron chi connectivity index (χ3n) is 0.958. The van der Waals surface area contributed by atoms with Crippen LogP contribution >= 0.6 is 11.3 Å². The first-order valence-electron chi connectivity index (χ1n) is 2.75. The van der Waals surface area contributed by atoms with E-state index in [4.69, 9.17) is 4.74 Å². The van der Waals surface area contributed by atoms with E-state index in [1.807, 2.05) is 0 Å². The number of hydrogen-bond donors (Lipinski definition) is 0. The number of ether oxygens (including phenoxy) is 1. The van der Waals surface area contributed by atoms with Crippen LogP contribution in [-0.2, 0) is 11.3 Å². The van der Waals surface area contributed by atoms with E-state index < -0.39 is 0 Å². The van der Waals surface area contributed by atoms with Gasteiger partial charge < -0.3 is 4.74 Å². The monoisotopic (exact) mass is 157 g/mol. The Labute approximate surface area is 62.7 Å². The molecule has 1 heterocycles. The van der Waals surface area contributed by atoms with E-state index in [0.717, 1.165) is 11.3 Å². The highest BCUT2D eigenvalue weighted by Crippen LogP contribution is 2.08. The van der Waals surface area contributed by atoms with Gasteiger partial charge in [-0.1, -0.05) is 0 Å². The minimum atomic E-state index is 0.483. The second kappa shape index (κ2) is 3.43. The molecule has 0 bridgehead atoms. The molecule has 0 aliphatic rings. The summed E-state index contributed by atoms with van der Waals surface area (Å²) in [5.74, 6) is 0. The minimum Gasteiger partial charge on any atom is -0.378 e. The molecule has 0 radical (unpaired) electrons. The zero-order valence-corrected chi connectivity index (χ0v) is 6.35. The molecule has 0 aliphatic carbocycles. The second-order valence-corrected chi connectivity index (χ2v) is 2.66. The van der Waals surface area contributed by atoms with Gasteiger partial charge in [0.1, 0.15) is 10.7 Å². The summed E-state index contributed by atoms with van der Waals surface area (Å²) in [6.07, 6.45) is 0.732. The number of aromatic nitrogens is 1. The molecule has 4 heteroatoms. The van der Waals surface area contributed by atoms with Gasteiger partial charge >= 0.3 is 0 Å². The first kappa shape index (κ1) is 7.37. The highest BCUT2D eigenvalue weighted by atomic mass is 32.1. The lowest BCUT2D eigenvalue weighted by atomic mass is 10.6. The van der Waals surface area contributed by atoms with Crippen molar-refractivity contribution in [3.8, 4) is 0 Å². The number of carbonyl (C=O) groups is 1. The molecule has 0 fully saturated rings. The lowest BCUT2D eigenvalue weighted by molar-refractivity contribution is 0.111. The molecule has 3 nitrogen and oxygen atoms in total. The summed E-state index contributed by atoms with van der Waals surface area (Å²) in [4.78, 5) is 14.1. The molecule has 1 rings (SSSR count). The standard InChI is InChI=1S/C6H7NO2S/c1-9-3-6-7-5(2-8)4-10-6/h2,4H,3H2,1H3.